The van der Waals surface area contributed by atoms with E-state index < -0.39 is 9.84 Å². The third kappa shape index (κ3) is 2.13. The maximum absolute atomic E-state index is 11.6. The molecule has 0 radical (unpaired) electrons. The van der Waals surface area contributed by atoms with Crippen LogP contribution in [0.15, 0.2) is 11.6 Å². The van der Waals surface area contributed by atoms with Crippen LogP contribution in [0.25, 0.3) is 4.96 Å². The summed E-state index contributed by atoms with van der Waals surface area (Å²) in [6.07, 6.45) is 1.87. The second-order valence-electron chi connectivity index (χ2n) is 4.75. The van der Waals surface area contributed by atoms with Gasteiger partial charge < -0.3 is 10.0 Å². The molecule has 1 atom stereocenters. The van der Waals surface area contributed by atoms with Gasteiger partial charge in [0, 0.05) is 24.2 Å². The van der Waals surface area contributed by atoms with Gasteiger partial charge in [0.1, 0.15) is 0 Å². The minimum atomic E-state index is -2.95. The molecule has 0 bridgehead atoms. The van der Waals surface area contributed by atoms with E-state index in [1.54, 1.807) is 0 Å². The number of hydrogen-bond acceptors (Lipinski definition) is 6. The Balaban J connectivity index is 2.02. The maximum atomic E-state index is 11.6. The molecule has 19 heavy (non-hydrogen) atoms. The van der Waals surface area contributed by atoms with Crippen molar-refractivity contribution in [2.45, 2.75) is 19.6 Å². The van der Waals surface area contributed by atoms with Crippen LogP contribution in [0.2, 0.25) is 0 Å². The number of hydrogen-bond donors (Lipinski definition) is 1. The molecule has 8 heteroatoms. The molecule has 1 unspecified atom stereocenters. The molecular formula is C11H15N3O3S2. The van der Waals surface area contributed by atoms with Gasteiger partial charge in [-0.25, -0.2) is 13.4 Å². The Bertz CT molecular complexity index is 704. The summed E-state index contributed by atoms with van der Waals surface area (Å²) < 4.78 is 25.1. The standard InChI is InChI=1S/C11H15N3O3S2/c1-8-7-19(16,17)5-3-13(8)10-9(6-15)14-2-4-18-11(14)12-10/h2,4,8,15H,3,5-7H2,1H3. The zero-order valence-corrected chi connectivity index (χ0v) is 12.1. The summed E-state index contributed by atoms with van der Waals surface area (Å²) >= 11 is 1.50. The van der Waals surface area contributed by atoms with Gasteiger partial charge in [-0.1, -0.05) is 0 Å². The summed E-state index contributed by atoms with van der Waals surface area (Å²) in [5.74, 6) is 0.993. The lowest BCUT2D eigenvalue weighted by atomic mass is 10.3. The number of rotatable bonds is 2. The highest BCUT2D eigenvalue weighted by Crippen LogP contribution is 2.28. The fourth-order valence-electron chi connectivity index (χ4n) is 2.51. The molecule has 2 aromatic rings. The first-order chi connectivity index (χ1) is 9.02. The molecule has 1 N–H and O–H groups in total. The Morgan fingerprint density at radius 2 is 2.37 bits per heavy atom. The summed E-state index contributed by atoms with van der Waals surface area (Å²) in [6, 6.07) is -0.117. The summed E-state index contributed by atoms with van der Waals surface area (Å²) in [6.45, 7) is 2.20. The van der Waals surface area contributed by atoms with E-state index in [0.717, 1.165) is 10.7 Å². The quantitative estimate of drug-likeness (QED) is 0.875. The molecule has 3 heterocycles. The van der Waals surface area contributed by atoms with E-state index >= 15 is 0 Å². The Labute approximate surface area is 115 Å². The predicted octanol–water partition coefficient (Wildman–Crippen LogP) is 0.511. The first-order valence-electron chi connectivity index (χ1n) is 6.04. The van der Waals surface area contributed by atoms with Crippen LogP contribution in [0.4, 0.5) is 5.82 Å². The van der Waals surface area contributed by atoms with Crippen LogP contribution in [0.3, 0.4) is 0 Å². The molecule has 0 amide bonds. The van der Waals surface area contributed by atoms with Gasteiger partial charge in [-0.15, -0.1) is 11.3 Å². The van der Waals surface area contributed by atoms with Crippen LogP contribution in [0.1, 0.15) is 12.6 Å². The molecular weight excluding hydrogens is 286 g/mol. The van der Waals surface area contributed by atoms with Crippen molar-refractivity contribution in [1.82, 2.24) is 9.38 Å². The summed E-state index contributed by atoms with van der Waals surface area (Å²) in [5, 5.41) is 11.5. The van der Waals surface area contributed by atoms with Crippen LogP contribution in [0, 0.1) is 0 Å². The highest BCUT2D eigenvalue weighted by Gasteiger charge is 2.31. The largest absolute Gasteiger partial charge is 0.390 e. The SMILES string of the molecule is CC1CS(=O)(=O)CCN1c1nc2sccn2c1CO. The van der Waals surface area contributed by atoms with E-state index in [1.807, 2.05) is 27.8 Å². The molecule has 1 aliphatic heterocycles. The second kappa shape index (κ2) is 4.46. The number of aromatic nitrogens is 2. The van der Waals surface area contributed by atoms with Crippen LogP contribution < -0.4 is 4.90 Å². The fraction of sp³-hybridized carbons (Fsp3) is 0.545. The van der Waals surface area contributed by atoms with Crippen LogP contribution >= 0.6 is 11.3 Å². The molecule has 1 fully saturated rings. The third-order valence-corrected chi connectivity index (χ3v) is 5.98. The lowest BCUT2D eigenvalue weighted by Crippen LogP contribution is -2.47. The number of aliphatic hydroxyl groups is 1. The van der Waals surface area contributed by atoms with Crippen LogP contribution in [0.5, 0.6) is 0 Å². The molecule has 1 saturated heterocycles. The molecule has 104 valence electrons. The Morgan fingerprint density at radius 3 is 3.05 bits per heavy atom. The van der Waals surface area contributed by atoms with Gasteiger partial charge in [-0.2, -0.15) is 0 Å². The molecule has 1 aliphatic rings. The summed E-state index contributed by atoms with van der Waals surface area (Å²) in [4.78, 5) is 7.32. The maximum Gasteiger partial charge on any atom is 0.195 e. The molecule has 0 aromatic carbocycles. The van der Waals surface area contributed by atoms with Crippen molar-refractivity contribution in [3.63, 3.8) is 0 Å². The average Bonchev–Trinajstić information content (AvgIpc) is 2.87. The van der Waals surface area contributed by atoms with E-state index in [1.165, 1.54) is 11.3 Å². The number of imidazole rings is 1. The minimum absolute atomic E-state index is 0.108. The Kier molecular flexibility index (Phi) is 3.03. The van der Waals surface area contributed by atoms with E-state index in [2.05, 4.69) is 4.98 Å². The third-order valence-electron chi connectivity index (χ3n) is 3.43. The molecule has 3 rings (SSSR count). The van der Waals surface area contributed by atoms with Gasteiger partial charge in [0.2, 0.25) is 0 Å². The molecule has 0 spiro atoms. The van der Waals surface area contributed by atoms with Gasteiger partial charge in [-0.3, -0.25) is 4.40 Å². The molecule has 0 saturated carbocycles. The monoisotopic (exact) mass is 301 g/mol. The normalized spacial score (nSPS) is 23.1. The van der Waals surface area contributed by atoms with Crippen molar-refractivity contribution in [1.29, 1.82) is 0 Å². The first-order valence-corrected chi connectivity index (χ1v) is 8.74. The average molecular weight is 301 g/mol. The van der Waals surface area contributed by atoms with Crippen molar-refractivity contribution < 1.29 is 13.5 Å². The van der Waals surface area contributed by atoms with E-state index in [4.69, 9.17) is 0 Å². The van der Waals surface area contributed by atoms with E-state index in [-0.39, 0.29) is 24.2 Å². The minimum Gasteiger partial charge on any atom is -0.390 e. The van der Waals surface area contributed by atoms with Crippen LogP contribution in [-0.2, 0) is 16.4 Å². The van der Waals surface area contributed by atoms with Gasteiger partial charge in [0.25, 0.3) is 0 Å². The Hall–Kier alpha value is -1.12. The van der Waals surface area contributed by atoms with Gasteiger partial charge in [-0.05, 0) is 6.92 Å². The van der Waals surface area contributed by atoms with Crippen molar-refractivity contribution >= 4 is 32.0 Å². The molecule has 2 aromatic heterocycles. The number of anilines is 1. The molecule has 6 nitrogen and oxygen atoms in total. The van der Waals surface area contributed by atoms with Crippen LogP contribution in [-0.4, -0.2) is 47.0 Å². The predicted molar refractivity (Wildman–Crippen MR) is 74.5 cm³/mol. The van der Waals surface area contributed by atoms with Crippen molar-refractivity contribution in [2.24, 2.45) is 0 Å². The highest BCUT2D eigenvalue weighted by molar-refractivity contribution is 7.91. The van der Waals surface area contributed by atoms with Crippen molar-refractivity contribution in [3.8, 4) is 0 Å². The van der Waals surface area contributed by atoms with Gasteiger partial charge >= 0.3 is 0 Å². The number of thiazole rings is 1. The number of fused-ring (bicyclic) bond motifs is 1. The summed E-state index contributed by atoms with van der Waals surface area (Å²) in [5.41, 5.74) is 0.724. The van der Waals surface area contributed by atoms with E-state index in [0.29, 0.717) is 12.4 Å². The lowest BCUT2D eigenvalue weighted by Gasteiger charge is -2.33. The Morgan fingerprint density at radius 1 is 1.58 bits per heavy atom. The molecule has 0 aliphatic carbocycles. The lowest BCUT2D eigenvalue weighted by molar-refractivity contribution is 0.276. The van der Waals surface area contributed by atoms with Gasteiger partial charge in [0.15, 0.2) is 20.6 Å². The van der Waals surface area contributed by atoms with E-state index in [9.17, 15) is 13.5 Å². The zero-order valence-electron chi connectivity index (χ0n) is 10.5. The highest BCUT2D eigenvalue weighted by atomic mass is 32.2. The number of aliphatic hydroxyl groups excluding tert-OH is 1. The first kappa shape index (κ1) is 12.9. The smallest absolute Gasteiger partial charge is 0.195 e. The summed E-state index contributed by atoms with van der Waals surface area (Å²) in [7, 11) is -2.95. The second-order valence-corrected chi connectivity index (χ2v) is 7.85. The van der Waals surface area contributed by atoms with Gasteiger partial charge in [0.05, 0.1) is 23.8 Å². The topological polar surface area (TPSA) is 74.9 Å². The number of nitrogens with zero attached hydrogens (tertiary/aromatic N) is 3. The number of sulfone groups is 1. The van der Waals surface area contributed by atoms with Crippen molar-refractivity contribution in [2.75, 3.05) is 23.0 Å². The van der Waals surface area contributed by atoms with Crippen molar-refractivity contribution in [3.05, 3.63) is 17.3 Å². The zero-order chi connectivity index (χ0) is 13.6. The fourth-order valence-corrected chi connectivity index (χ4v) is 4.80.